The topological polar surface area (TPSA) is 250 Å². The number of fused-ring (bicyclic) bond motifs is 4. The predicted octanol–water partition coefficient (Wildman–Crippen LogP) is 21.9. The summed E-state index contributed by atoms with van der Waals surface area (Å²) in [5.74, 6) is 2.36. The Morgan fingerprint density at radius 1 is 0.505 bits per heavy atom. The third-order valence-electron chi connectivity index (χ3n) is 11.6. The fourth-order valence-electron chi connectivity index (χ4n) is 7.78. The van der Waals surface area contributed by atoms with Gasteiger partial charge in [-0.05, 0) is 91.0 Å². The molecule has 12 rings (SSSR count). The fourth-order valence-corrected chi connectivity index (χ4v) is 11.3. The molecule has 0 unspecified atom stereocenters. The second kappa shape index (κ2) is 41.0. The summed E-state index contributed by atoms with van der Waals surface area (Å²) in [5, 5.41) is 24.9. The van der Waals surface area contributed by atoms with Crippen LogP contribution in [-0.4, -0.2) is 38.4 Å². The molecule has 12 aromatic rings. The average Bonchev–Trinajstić information content (AvgIpc) is 0.907. The number of aromatic nitrogens is 4. The molecule has 32 heteroatoms. The van der Waals surface area contributed by atoms with Crippen molar-refractivity contribution in [3.63, 3.8) is 0 Å². The molecule has 0 amide bonds. The number of nitrogen functional groups attached to an aromatic ring is 1. The molecule has 4 aromatic heterocycles. The number of hydrogen-bond donors (Lipinski definition) is 4. The van der Waals surface area contributed by atoms with Crippen molar-refractivity contribution in [3.8, 4) is 40.2 Å². The quantitative estimate of drug-likeness (QED) is 0.0430. The number of nitro groups is 1. The first-order chi connectivity index (χ1) is 42.7. The van der Waals surface area contributed by atoms with Crippen LogP contribution in [0.4, 0.5) is 17.1 Å². The second-order valence-electron chi connectivity index (χ2n) is 17.6. The van der Waals surface area contributed by atoms with Gasteiger partial charge < -0.3 is 31.2 Å². The van der Waals surface area contributed by atoms with E-state index in [4.69, 9.17) is 118 Å². The number of nitrogens with two attached hydrogens (primary N) is 1. The van der Waals surface area contributed by atoms with Gasteiger partial charge in [-0.25, -0.2) is 8.42 Å². The van der Waals surface area contributed by atoms with Crippen molar-refractivity contribution >= 4 is 274 Å². The number of halogens is 15. The number of nitrogens with zero attached hydrogens (tertiary/aromatic N) is 5. The molecule has 0 spiro atoms. The van der Waals surface area contributed by atoms with E-state index < -0.39 is 14.9 Å². The summed E-state index contributed by atoms with van der Waals surface area (Å²) in [6.45, 7) is 0. The van der Waals surface area contributed by atoms with Crippen molar-refractivity contribution in [2.24, 2.45) is 0 Å². The normalized spacial score (nSPS) is 10.2. The zero-order valence-corrected chi connectivity index (χ0v) is 66.8. The molecule has 0 aliphatic carbocycles. The molecule has 490 valence electrons. The van der Waals surface area contributed by atoms with E-state index in [-0.39, 0.29) is 109 Å². The summed E-state index contributed by atoms with van der Waals surface area (Å²) in [6.07, 6.45) is 6.16. The molecule has 4 heterocycles. The number of aromatic hydroxyl groups is 1. The molecule has 0 radical (unpaired) electrons. The summed E-state index contributed by atoms with van der Waals surface area (Å²) >= 11 is 58.2. The van der Waals surface area contributed by atoms with Crippen LogP contribution in [0.25, 0.3) is 43.6 Å². The van der Waals surface area contributed by atoms with Gasteiger partial charge >= 0.3 is 50.5 Å². The van der Waals surface area contributed by atoms with Gasteiger partial charge in [0.25, 0.3) is 15.7 Å². The van der Waals surface area contributed by atoms with E-state index in [9.17, 15) is 18.5 Å². The van der Waals surface area contributed by atoms with E-state index in [2.05, 4.69) is 99.1 Å². The standard InChI is InChI=1S/C21H12Cl4N2O3S.C15H8Cl2N2O3.C15H10Cl2N2O.C9H7NO.CH4.ClH.I3.I2.HI.H3N/c22-13-5-6-20(16(23)8-13)31(28,29)27-14-9-17(24)21(18(25)10-14)30-15-7-12-3-1-2-4-19(12)26-11-15;16-12-6-10(19(20)21)7-13(17)15(12)22-11-5-9-3-1-2-4-14(9)18-8-11;16-12-6-10(18)7-13(17)15(12)20-11-5-9-3-1-2-4-14(9)19-8-11;11-8-5-7-3-1-2-4-9(7)10-6-8;;;1-3-2;1-2;;/h1-11,27H;1-8H;1-8H,18H2;1-6,11H;1H4;1H;;;1H;1H3/q;;;;;;-1;;;. The van der Waals surface area contributed by atoms with Gasteiger partial charge in [0.05, 0.1) is 92.6 Å². The van der Waals surface area contributed by atoms with Crippen molar-refractivity contribution < 1.29 is 45.9 Å². The van der Waals surface area contributed by atoms with Gasteiger partial charge in [0, 0.05) is 81.6 Å². The van der Waals surface area contributed by atoms with E-state index in [1.165, 1.54) is 54.9 Å². The van der Waals surface area contributed by atoms with Crippen LogP contribution >= 0.6 is 204 Å². The molecule has 0 saturated carbocycles. The van der Waals surface area contributed by atoms with E-state index >= 15 is 0 Å². The maximum atomic E-state index is 12.7. The minimum absolute atomic E-state index is 0. The Bertz CT molecular complexity index is 4560. The summed E-state index contributed by atoms with van der Waals surface area (Å²) < 4.78 is 45.0. The first kappa shape index (κ1) is 83.7. The van der Waals surface area contributed by atoms with Gasteiger partial charge in [-0.3, -0.25) is 34.8 Å². The van der Waals surface area contributed by atoms with Crippen LogP contribution in [0.15, 0.2) is 206 Å². The molecular formula is C61H46Cl9I6N8O8S-. The first-order valence-corrected chi connectivity index (χ1v) is 48.0. The molecule has 0 fully saturated rings. The summed E-state index contributed by atoms with van der Waals surface area (Å²) in [7, 11) is -4.00. The average molecular weight is 2130 g/mol. The van der Waals surface area contributed by atoms with Crippen LogP contribution in [0, 0.1) is 10.1 Å². The van der Waals surface area contributed by atoms with Crippen LogP contribution < -0.4 is 44.1 Å². The number of ether oxygens (including phenoxy) is 3. The number of non-ortho nitro benzene ring substituents is 1. The molecule has 0 bridgehead atoms. The number of anilines is 2. The van der Waals surface area contributed by atoms with Crippen LogP contribution in [-0.2, 0) is 10.0 Å². The van der Waals surface area contributed by atoms with Gasteiger partial charge in [0.15, 0.2) is 17.2 Å². The Kier molecular flexibility index (Phi) is 36.9. The maximum Gasteiger partial charge on any atom is 0.272 e. The Balaban J connectivity index is 0.000000325. The van der Waals surface area contributed by atoms with Gasteiger partial charge in [-0.15, -0.1) is 36.4 Å². The van der Waals surface area contributed by atoms with Crippen LogP contribution in [0.3, 0.4) is 0 Å². The van der Waals surface area contributed by atoms with Gasteiger partial charge in [-0.2, -0.15) is 0 Å². The van der Waals surface area contributed by atoms with Crippen molar-refractivity contribution in [1.29, 1.82) is 0 Å². The molecular weight excluding hydrogens is 2090 g/mol. The Hall–Kier alpha value is -3.50. The van der Waals surface area contributed by atoms with Crippen molar-refractivity contribution in [2.75, 3.05) is 10.5 Å². The number of rotatable bonds is 10. The van der Waals surface area contributed by atoms with Crippen molar-refractivity contribution in [2.45, 2.75) is 12.3 Å². The smallest absolute Gasteiger partial charge is 0.272 e. The first-order valence-electron chi connectivity index (χ1n) is 24.7. The number of benzene rings is 8. The minimum atomic E-state index is -4.00. The third-order valence-corrected chi connectivity index (χ3v) is 15.4. The Morgan fingerprint density at radius 3 is 1.18 bits per heavy atom. The fraction of sp³-hybridized carbons (Fsp3) is 0.0164. The van der Waals surface area contributed by atoms with E-state index in [0.29, 0.717) is 57.0 Å². The third kappa shape index (κ3) is 24.5. The summed E-state index contributed by atoms with van der Waals surface area (Å²) in [6, 6.07) is 50.1. The number of pyridine rings is 4. The SMILES string of the molecule is C.Cl.I.II.I[I-]I.N.Nc1cc(Cl)c(Oc2cnc3ccccc3c2)c(Cl)c1.O=S(=O)(Nc1cc(Cl)c(Oc2cnc3ccccc3c2)c(Cl)c1)c1ccc(Cl)cc1Cl.O=[N+]([O-])c1cc(Cl)c(Oc2cnc3ccccc3c2)c(Cl)c1.Oc1cnc2ccccc2c1. The zero-order valence-electron chi connectivity index (χ0n) is 46.0. The van der Waals surface area contributed by atoms with E-state index in [1.807, 2.05) is 103 Å². The van der Waals surface area contributed by atoms with Gasteiger partial charge in [-0.1, -0.05) is 173 Å². The predicted molar refractivity (Wildman–Crippen MR) is 427 cm³/mol. The van der Waals surface area contributed by atoms with Gasteiger partial charge in [0.2, 0.25) is 0 Å². The Morgan fingerprint density at radius 2 is 0.828 bits per heavy atom. The minimum Gasteiger partial charge on any atom is -0.506 e. The molecule has 8 aromatic carbocycles. The Labute approximate surface area is 651 Å². The molecule has 0 aliphatic rings. The number of hydrogen-bond acceptors (Lipinski definition) is 14. The number of nitro benzene ring substituents is 1. The second-order valence-corrected chi connectivity index (χ2v) is 38.8. The number of nitrogens with one attached hydrogen (secondary N) is 1. The number of para-hydroxylation sites is 4. The number of sulfonamides is 1. The van der Waals surface area contributed by atoms with Crippen LogP contribution in [0.2, 0.25) is 40.2 Å². The monoisotopic (exact) mass is 2130 g/mol. The molecule has 7 N–H and O–H groups in total. The van der Waals surface area contributed by atoms with Crippen LogP contribution in [0.1, 0.15) is 7.43 Å². The molecule has 16 nitrogen and oxygen atoms in total. The summed E-state index contributed by atoms with van der Waals surface area (Å²) in [5.41, 5.74) is 9.55. The van der Waals surface area contributed by atoms with Crippen molar-refractivity contribution in [3.05, 3.63) is 251 Å². The van der Waals surface area contributed by atoms with Gasteiger partial charge in [0.1, 0.15) is 27.9 Å². The molecule has 0 atom stereocenters. The van der Waals surface area contributed by atoms with Crippen LogP contribution in [0.5, 0.6) is 40.2 Å². The summed E-state index contributed by atoms with van der Waals surface area (Å²) in [4.78, 5) is 27.0. The maximum absolute atomic E-state index is 12.7. The molecule has 0 saturated heterocycles. The zero-order chi connectivity index (χ0) is 64.4. The molecule has 93 heavy (non-hydrogen) atoms. The largest absolute Gasteiger partial charge is 0.506 e. The van der Waals surface area contributed by atoms with E-state index in [1.54, 1.807) is 42.7 Å². The van der Waals surface area contributed by atoms with Crippen molar-refractivity contribution in [1.82, 2.24) is 26.1 Å². The van der Waals surface area contributed by atoms with E-state index in [0.717, 1.165) is 43.6 Å². The molecule has 0 aliphatic heterocycles.